The van der Waals surface area contributed by atoms with Gasteiger partial charge in [-0.1, -0.05) is 25.5 Å². The Labute approximate surface area is 409 Å². The molecule has 4 aliphatic rings. The van der Waals surface area contributed by atoms with Crippen molar-refractivity contribution in [3.8, 4) is 11.5 Å². The Hall–Kier alpha value is -6.07. The largest absolute Gasteiger partial charge is 0.455 e. The van der Waals surface area contributed by atoms with E-state index in [0.29, 0.717) is 62.5 Å². The quantitative estimate of drug-likeness (QED) is 0.0670. The fourth-order valence-electron chi connectivity index (χ4n) is 9.55. The number of carbonyl (C=O) groups excluding carboxylic acids is 1. The van der Waals surface area contributed by atoms with E-state index in [4.69, 9.17) is 9.47 Å². The van der Waals surface area contributed by atoms with Gasteiger partial charge in [0.05, 0.1) is 45.1 Å². The number of fused-ring (bicyclic) bond motifs is 1. The van der Waals surface area contributed by atoms with Crippen molar-refractivity contribution in [1.29, 1.82) is 0 Å². The second-order valence-corrected chi connectivity index (χ2v) is 23.3. The minimum absolute atomic E-state index is 0.00572. The first-order chi connectivity index (χ1) is 33.6. The van der Waals surface area contributed by atoms with E-state index in [0.717, 1.165) is 54.0 Å². The first kappa shape index (κ1) is 49.9. The number of anilines is 2. The highest BCUT2D eigenvalue weighted by Gasteiger charge is 2.42. The summed E-state index contributed by atoms with van der Waals surface area (Å²) in [5.41, 5.74) is 3.64. The van der Waals surface area contributed by atoms with E-state index < -0.39 is 64.6 Å². The predicted molar refractivity (Wildman–Crippen MR) is 261 cm³/mol. The van der Waals surface area contributed by atoms with Crippen molar-refractivity contribution in [2.75, 3.05) is 69.2 Å². The third-order valence-electron chi connectivity index (χ3n) is 13.7. The topological polar surface area (TPSA) is 209 Å². The van der Waals surface area contributed by atoms with E-state index in [9.17, 15) is 44.9 Å². The number of pyridine rings is 1. The number of benzene rings is 3. The molecule has 22 heteroatoms. The molecule has 4 heterocycles. The number of hydrogen-bond donors (Lipinski definition) is 3. The van der Waals surface area contributed by atoms with Gasteiger partial charge in [0.1, 0.15) is 22.8 Å². The third-order valence-corrected chi connectivity index (χ3v) is 17.4. The molecule has 17 nitrogen and oxygen atoms in total. The average Bonchev–Trinajstić information content (AvgIpc) is 4.10. The zero-order valence-electron chi connectivity index (χ0n) is 39.4. The molecule has 0 spiro atoms. The van der Waals surface area contributed by atoms with Crippen LogP contribution in [0, 0.1) is 22.5 Å². The number of sulfonamides is 2. The summed E-state index contributed by atoms with van der Waals surface area (Å²) >= 11 is 0. The molecule has 1 unspecified atom stereocenters. The van der Waals surface area contributed by atoms with Crippen molar-refractivity contribution in [3.63, 3.8) is 0 Å². The first-order valence-corrected chi connectivity index (χ1v) is 26.4. The van der Waals surface area contributed by atoms with Crippen LogP contribution in [-0.4, -0.2) is 117 Å². The lowest BCUT2D eigenvalue weighted by atomic mass is 9.72. The molecule has 0 radical (unpaired) electrons. The minimum Gasteiger partial charge on any atom is -0.455 e. The van der Waals surface area contributed by atoms with Gasteiger partial charge in [-0.15, -0.1) is 0 Å². The van der Waals surface area contributed by atoms with Crippen LogP contribution in [0.4, 0.5) is 30.2 Å². The van der Waals surface area contributed by atoms with E-state index in [1.807, 2.05) is 0 Å². The summed E-state index contributed by atoms with van der Waals surface area (Å²) < 4.78 is 109. The number of nitrogens with zero attached hydrogens (tertiary/aromatic N) is 5. The van der Waals surface area contributed by atoms with Crippen molar-refractivity contribution in [2.24, 2.45) is 5.41 Å². The molecule has 1 amide bonds. The number of nitro groups is 1. The summed E-state index contributed by atoms with van der Waals surface area (Å²) in [7, 11) is -8.16. The molecule has 3 fully saturated rings. The van der Waals surface area contributed by atoms with Crippen LogP contribution < -0.4 is 19.7 Å². The zero-order chi connectivity index (χ0) is 50.5. The summed E-state index contributed by atoms with van der Waals surface area (Å²) in [5.74, 6) is -0.756. The lowest BCUT2D eigenvalue weighted by Gasteiger charge is -2.39. The van der Waals surface area contributed by atoms with Crippen LogP contribution in [0.2, 0.25) is 0 Å². The second kappa shape index (κ2) is 19.5. The molecule has 71 heavy (non-hydrogen) atoms. The van der Waals surface area contributed by atoms with E-state index in [2.05, 4.69) is 43.7 Å². The van der Waals surface area contributed by atoms with Crippen LogP contribution in [0.3, 0.4) is 0 Å². The van der Waals surface area contributed by atoms with Gasteiger partial charge in [0.25, 0.3) is 21.6 Å². The Bertz CT molecular complexity index is 3130. The number of aryl methyl sites for hydroxylation is 1. The number of aromatic amines is 1. The normalized spacial score (nSPS) is 19.5. The van der Waals surface area contributed by atoms with Crippen LogP contribution in [0.25, 0.3) is 16.6 Å². The molecular weight excluding hydrogens is 966 g/mol. The van der Waals surface area contributed by atoms with Gasteiger partial charge in [-0.3, -0.25) is 19.8 Å². The molecule has 3 aromatic carbocycles. The van der Waals surface area contributed by atoms with Gasteiger partial charge in [0.2, 0.25) is 10.0 Å². The fourth-order valence-corrected chi connectivity index (χ4v) is 12.4. The number of nitro benzene ring substituents is 1. The number of alkyl halides is 3. The molecule has 0 bridgehead atoms. The van der Waals surface area contributed by atoms with Crippen molar-refractivity contribution in [3.05, 3.63) is 117 Å². The van der Waals surface area contributed by atoms with Crippen molar-refractivity contribution in [1.82, 2.24) is 23.9 Å². The van der Waals surface area contributed by atoms with E-state index in [1.54, 1.807) is 43.5 Å². The molecule has 2 saturated heterocycles. The minimum atomic E-state index is -4.71. The molecule has 2 aromatic heterocycles. The maximum atomic E-state index is 14.0. The van der Waals surface area contributed by atoms with Crippen LogP contribution in [-0.2, 0) is 31.0 Å². The number of hydrogen-bond acceptors (Lipinski definition) is 13. The number of H-pyrrole nitrogens is 1. The van der Waals surface area contributed by atoms with Crippen molar-refractivity contribution >= 4 is 59.6 Å². The first-order valence-electron chi connectivity index (χ1n) is 23.4. The number of ether oxygens (including phenoxy) is 2. The van der Waals surface area contributed by atoms with Crippen LogP contribution in [0.5, 0.6) is 11.5 Å². The number of carbonyl (C=O) groups is 1. The van der Waals surface area contributed by atoms with Gasteiger partial charge in [-0.05, 0) is 110 Å². The number of aromatic nitrogens is 2. The Kier molecular flexibility index (Phi) is 13.7. The zero-order valence-corrected chi connectivity index (χ0v) is 41.1. The Morgan fingerprint density at radius 3 is 2.49 bits per heavy atom. The van der Waals surface area contributed by atoms with Gasteiger partial charge in [-0.25, -0.2) is 26.5 Å². The monoisotopic (exact) mass is 1020 g/mol. The van der Waals surface area contributed by atoms with Gasteiger partial charge in [-0.2, -0.15) is 17.5 Å². The Balaban J connectivity index is 0.910. The summed E-state index contributed by atoms with van der Waals surface area (Å²) in [5, 5.41) is 15.5. The number of halogens is 3. The standard InChI is InChI=1S/C49H55F3N8O9S2/c1-31-22-34(49(50,51)52)4-9-40(31)42-26-48(2,3)14-12-33(42)29-57-16-18-58(19-17-57)35-5-10-41(45(24-35)69-36-23-32-13-15-53-46(32)55-27-36)47(61)56-70(64,65)39-8-11-43(44(25-39)60(62)63)54-28-37-30-59(20-21-68-37)71(66,67)38-6-7-38/h4-5,8-11,13,15,22-25,27,37-38,54H,6-7,12,14,16-21,26,28-30H2,1-3H3,(H,53,55)(H,56,61). The Morgan fingerprint density at radius 2 is 1.77 bits per heavy atom. The smallest absolute Gasteiger partial charge is 0.416 e. The summed E-state index contributed by atoms with van der Waals surface area (Å²) in [6.45, 7) is 9.71. The highest BCUT2D eigenvalue weighted by molar-refractivity contribution is 7.90. The number of piperazine rings is 1. The van der Waals surface area contributed by atoms with Crippen LogP contribution in [0.15, 0.2) is 89.6 Å². The lowest BCUT2D eigenvalue weighted by Crippen LogP contribution is -2.48. The number of allylic oxidation sites excluding steroid dienone is 1. The van der Waals surface area contributed by atoms with Crippen molar-refractivity contribution in [2.45, 2.75) is 75.3 Å². The van der Waals surface area contributed by atoms with E-state index >= 15 is 0 Å². The maximum Gasteiger partial charge on any atom is 0.416 e. The highest BCUT2D eigenvalue weighted by atomic mass is 32.2. The predicted octanol–water partition coefficient (Wildman–Crippen LogP) is 8.10. The maximum absolute atomic E-state index is 14.0. The number of amides is 1. The fraction of sp³-hybridized carbons (Fsp3) is 0.429. The molecule has 3 N–H and O–H groups in total. The molecule has 9 rings (SSSR count). The molecule has 2 aliphatic heterocycles. The van der Waals surface area contributed by atoms with Crippen LogP contribution in [0.1, 0.15) is 73.0 Å². The van der Waals surface area contributed by atoms with Gasteiger partial charge < -0.3 is 24.7 Å². The molecule has 1 atom stereocenters. The van der Waals surface area contributed by atoms with Crippen LogP contribution >= 0.6 is 0 Å². The highest BCUT2D eigenvalue weighted by Crippen LogP contribution is 2.45. The molecule has 5 aromatic rings. The number of rotatable bonds is 15. The number of morpholine rings is 1. The lowest BCUT2D eigenvalue weighted by molar-refractivity contribution is -0.384. The second-order valence-electron chi connectivity index (χ2n) is 19.4. The summed E-state index contributed by atoms with van der Waals surface area (Å²) in [4.78, 5) is 36.8. The van der Waals surface area contributed by atoms with Gasteiger partial charge in [0, 0.05) is 81.8 Å². The summed E-state index contributed by atoms with van der Waals surface area (Å²) in [6, 6.07) is 15.5. The molecular formula is C49H55F3N8O9S2. The Morgan fingerprint density at radius 1 is 1.00 bits per heavy atom. The number of nitrogens with one attached hydrogen (secondary N) is 3. The SMILES string of the molecule is Cc1cc(C(F)(F)F)ccc1C1=C(CN2CCN(c3ccc(C(=O)NS(=O)(=O)c4ccc(NCC5CN(S(=O)(=O)C6CC6)CCO5)c([N+](=O)[O-])c4)c(Oc4cnc5[nH]ccc5c4)c3)CC2)CCC(C)(C)C1. The molecule has 2 aliphatic carbocycles. The molecule has 1 saturated carbocycles. The third kappa shape index (κ3) is 11.2. The van der Waals surface area contributed by atoms with E-state index in [1.165, 1.54) is 34.3 Å². The van der Waals surface area contributed by atoms with E-state index in [-0.39, 0.29) is 54.4 Å². The summed E-state index contributed by atoms with van der Waals surface area (Å²) in [6.07, 6.45) is 1.89. The van der Waals surface area contributed by atoms with Crippen molar-refractivity contribution < 1.29 is 49.2 Å². The van der Waals surface area contributed by atoms with Gasteiger partial charge in [0.15, 0.2) is 0 Å². The van der Waals surface area contributed by atoms with Gasteiger partial charge >= 0.3 is 6.18 Å². The average molecular weight is 1020 g/mol. The molecule has 378 valence electrons.